The van der Waals surface area contributed by atoms with Crippen molar-refractivity contribution in [1.82, 2.24) is 4.90 Å². The van der Waals surface area contributed by atoms with Crippen molar-refractivity contribution in [3.8, 4) is 0 Å². The standard InChI is InChI=1S/C16H23NO2/c1-12-4-3-5-14(10-12)15(11-16(18)19)13-6-8-17(2)9-7-13/h3-5,10,13,15H,6-9,11H2,1-2H3,(H,18,19). The third kappa shape index (κ3) is 3.80. The molecule has 1 aliphatic rings. The largest absolute Gasteiger partial charge is 0.481 e. The van der Waals surface area contributed by atoms with Crippen LogP contribution in [0.2, 0.25) is 0 Å². The predicted molar refractivity (Wildman–Crippen MR) is 76.4 cm³/mol. The van der Waals surface area contributed by atoms with E-state index >= 15 is 0 Å². The SMILES string of the molecule is Cc1cccc(C(CC(=O)O)C2CCN(C)CC2)c1. The zero-order valence-electron chi connectivity index (χ0n) is 11.8. The number of hydrogen-bond donors (Lipinski definition) is 1. The van der Waals surface area contributed by atoms with Gasteiger partial charge in [-0.3, -0.25) is 4.79 Å². The van der Waals surface area contributed by atoms with Gasteiger partial charge in [-0.15, -0.1) is 0 Å². The average Bonchev–Trinajstić information content (AvgIpc) is 2.37. The number of piperidine rings is 1. The molecule has 3 nitrogen and oxygen atoms in total. The first-order chi connectivity index (χ1) is 9.06. The van der Waals surface area contributed by atoms with Gasteiger partial charge in [-0.25, -0.2) is 0 Å². The Morgan fingerprint density at radius 1 is 1.42 bits per heavy atom. The number of aryl methyl sites for hydroxylation is 1. The van der Waals surface area contributed by atoms with E-state index in [-0.39, 0.29) is 12.3 Å². The molecule has 1 aromatic rings. The van der Waals surface area contributed by atoms with Crippen molar-refractivity contribution in [1.29, 1.82) is 0 Å². The lowest BCUT2D eigenvalue weighted by atomic mass is 9.78. The van der Waals surface area contributed by atoms with Crippen molar-refractivity contribution >= 4 is 5.97 Å². The molecule has 19 heavy (non-hydrogen) atoms. The fourth-order valence-electron chi connectivity index (χ4n) is 3.08. The van der Waals surface area contributed by atoms with Crippen molar-refractivity contribution < 1.29 is 9.90 Å². The molecule has 1 aromatic carbocycles. The average molecular weight is 261 g/mol. The van der Waals surface area contributed by atoms with Gasteiger partial charge in [0.05, 0.1) is 6.42 Å². The van der Waals surface area contributed by atoms with Crippen molar-refractivity contribution in [3.63, 3.8) is 0 Å². The lowest BCUT2D eigenvalue weighted by molar-refractivity contribution is -0.137. The Bertz CT molecular complexity index is 436. The summed E-state index contributed by atoms with van der Waals surface area (Å²) in [5, 5.41) is 9.19. The van der Waals surface area contributed by atoms with Gasteiger partial charge in [0.25, 0.3) is 0 Å². The van der Waals surface area contributed by atoms with E-state index in [0.717, 1.165) is 25.9 Å². The quantitative estimate of drug-likeness (QED) is 0.906. The summed E-state index contributed by atoms with van der Waals surface area (Å²) in [4.78, 5) is 13.5. The Hall–Kier alpha value is -1.35. The summed E-state index contributed by atoms with van der Waals surface area (Å²) in [7, 11) is 2.13. The summed E-state index contributed by atoms with van der Waals surface area (Å²) in [5.74, 6) is -0.0364. The molecular weight excluding hydrogens is 238 g/mol. The first-order valence-corrected chi connectivity index (χ1v) is 7.03. The molecule has 0 saturated carbocycles. The van der Waals surface area contributed by atoms with Crippen LogP contribution in [0.15, 0.2) is 24.3 Å². The molecule has 0 bridgehead atoms. The summed E-state index contributed by atoms with van der Waals surface area (Å²) in [6.07, 6.45) is 2.45. The van der Waals surface area contributed by atoms with Crippen LogP contribution in [0.3, 0.4) is 0 Å². The highest BCUT2D eigenvalue weighted by molar-refractivity contribution is 5.68. The number of carboxylic acids is 1. The van der Waals surface area contributed by atoms with E-state index in [4.69, 9.17) is 0 Å². The zero-order chi connectivity index (χ0) is 13.8. The molecule has 1 unspecified atom stereocenters. The predicted octanol–water partition coefficient (Wildman–Crippen LogP) is 2.90. The zero-order valence-corrected chi connectivity index (χ0v) is 11.8. The van der Waals surface area contributed by atoms with Gasteiger partial charge in [-0.05, 0) is 57.3 Å². The topological polar surface area (TPSA) is 40.5 Å². The molecule has 0 spiro atoms. The van der Waals surface area contributed by atoms with Crippen LogP contribution in [0, 0.1) is 12.8 Å². The molecule has 0 radical (unpaired) electrons. The number of carboxylic acid groups (broad SMARTS) is 1. The van der Waals surface area contributed by atoms with Gasteiger partial charge in [0.2, 0.25) is 0 Å². The van der Waals surface area contributed by atoms with Gasteiger partial charge in [0.15, 0.2) is 0 Å². The molecule has 1 saturated heterocycles. The maximum atomic E-state index is 11.2. The van der Waals surface area contributed by atoms with Gasteiger partial charge in [-0.1, -0.05) is 29.8 Å². The van der Waals surface area contributed by atoms with Crippen LogP contribution in [0.25, 0.3) is 0 Å². The molecule has 3 heteroatoms. The van der Waals surface area contributed by atoms with Crippen LogP contribution >= 0.6 is 0 Å². The van der Waals surface area contributed by atoms with Crippen LogP contribution in [0.4, 0.5) is 0 Å². The molecular formula is C16H23NO2. The molecule has 1 N–H and O–H groups in total. The molecule has 1 fully saturated rings. The first-order valence-electron chi connectivity index (χ1n) is 7.03. The molecule has 104 valence electrons. The van der Waals surface area contributed by atoms with Crippen LogP contribution in [0.1, 0.15) is 36.3 Å². The van der Waals surface area contributed by atoms with Gasteiger partial charge < -0.3 is 10.0 Å². The van der Waals surface area contributed by atoms with Crippen molar-refractivity contribution in [2.45, 2.75) is 32.1 Å². The molecule has 1 heterocycles. The molecule has 0 amide bonds. The van der Waals surface area contributed by atoms with E-state index in [1.54, 1.807) is 0 Å². The Morgan fingerprint density at radius 3 is 2.68 bits per heavy atom. The Kier molecular flexibility index (Phi) is 4.59. The highest BCUT2D eigenvalue weighted by Crippen LogP contribution is 2.35. The van der Waals surface area contributed by atoms with Gasteiger partial charge in [0.1, 0.15) is 0 Å². The number of rotatable bonds is 4. The minimum absolute atomic E-state index is 0.158. The monoisotopic (exact) mass is 261 g/mol. The van der Waals surface area contributed by atoms with Crippen molar-refractivity contribution in [3.05, 3.63) is 35.4 Å². The number of hydrogen-bond acceptors (Lipinski definition) is 2. The Morgan fingerprint density at radius 2 is 2.11 bits per heavy atom. The maximum Gasteiger partial charge on any atom is 0.303 e. The van der Waals surface area contributed by atoms with Crippen LogP contribution in [-0.4, -0.2) is 36.1 Å². The second-order valence-corrected chi connectivity index (χ2v) is 5.76. The third-order valence-electron chi connectivity index (χ3n) is 4.20. The van der Waals surface area contributed by atoms with E-state index < -0.39 is 5.97 Å². The van der Waals surface area contributed by atoms with E-state index in [2.05, 4.69) is 37.1 Å². The minimum atomic E-state index is -0.689. The van der Waals surface area contributed by atoms with Crippen LogP contribution in [0.5, 0.6) is 0 Å². The second-order valence-electron chi connectivity index (χ2n) is 5.76. The van der Waals surface area contributed by atoms with Crippen molar-refractivity contribution in [2.75, 3.05) is 20.1 Å². The summed E-state index contributed by atoms with van der Waals surface area (Å²) >= 11 is 0. The molecule has 0 aromatic heterocycles. The fraction of sp³-hybridized carbons (Fsp3) is 0.562. The normalized spacial score (nSPS) is 19.3. The van der Waals surface area contributed by atoms with E-state index in [1.807, 2.05) is 6.07 Å². The smallest absolute Gasteiger partial charge is 0.303 e. The summed E-state index contributed by atoms with van der Waals surface area (Å²) in [5.41, 5.74) is 2.40. The maximum absolute atomic E-state index is 11.2. The lowest BCUT2D eigenvalue weighted by Gasteiger charge is -2.34. The van der Waals surface area contributed by atoms with E-state index in [1.165, 1.54) is 11.1 Å². The van der Waals surface area contributed by atoms with Crippen LogP contribution < -0.4 is 0 Å². The number of benzene rings is 1. The van der Waals surface area contributed by atoms with E-state index in [9.17, 15) is 9.90 Å². The summed E-state index contributed by atoms with van der Waals surface area (Å²) in [6, 6.07) is 8.33. The number of aliphatic carboxylic acids is 1. The fourth-order valence-corrected chi connectivity index (χ4v) is 3.08. The molecule has 1 aliphatic heterocycles. The number of likely N-dealkylation sites (tertiary alicyclic amines) is 1. The third-order valence-corrected chi connectivity index (χ3v) is 4.20. The Labute approximate surface area is 115 Å². The summed E-state index contributed by atoms with van der Waals surface area (Å²) in [6.45, 7) is 4.22. The lowest BCUT2D eigenvalue weighted by Crippen LogP contribution is -2.33. The number of carbonyl (C=O) groups is 1. The number of nitrogens with zero attached hydrogens (tertiary/aromatic N) is 1. The summed E-state index contributed by atoms with van der Waals surface area (Å²) < 4.78 is 0. The molecule has 1 atom stereocenters. The van der Waals surface area contributed by atoms with Crippen molar-refractivity contribution in [2.24, 2.45) is 5.92 Å². The molecule has 2 rings (SSSR count). The minimum Gasteiger partial charge on any atom is -0.481 e. The Balaban J connectivity index is 2.18. The van der Waals surface area contributed by atoms with Gasteiger partial charge in [0, 0.05) is 0 Å². The second kappa shape index (κ2) is 6.20. The highest BCUT2D eigenvalue weighted by atomic mass is 16.4. The van der Waals surface area contributed by atoms with Crippen LogP contribution in [-0.2, 0) is 4.79 Å². The molecule has 0 aliphatic carbocycles. The van der Waals surface area contributed by atoms with Gasteiger partial charge in [-0.2, -0.15) is 0 Å². The van der Waals surface area contributed by atoms with Gasteiger partial charge >= 0.3 is 5.97 Å². The highest BCUT2D eigenvalue weighted by Gasteiger charge is 2.28. The van der Waals surface area contributed by atoms with E-state index in [0.29, 0.717) is 5.92 Å². The first kappa shape index (κ1) is 14.1.